The molecule has 1 fully saturated rings. The number of nitrogens with one attached hydrogen (secondary N) is 1. The molecule has 0 amide bonds. The molecule has 1 unspecified atom stereocenters. The highest BCUT2D eigenvalue weighted by atomic mass is 79.9. The first kappa shape index (κ1) is 16.0. The summed E-state index contributed by atoms with van der Waals surface area (Å²) in [4.78, 5) is 2.20. The van der Waals surface area contributed by atoms with Gasteiger partial charge in [-0.1, -0.05) is 34.5 Å². The number of hydrogen-bond donors (Lipinski definition) is 1. The summed E-state index contributed by atoms with van der Waals surface area (Å²) >= 11 is 7.14. The molecule has 1 atom stereocenters. The Balaban J connectivity index is 1.79. The molecule has 3 rings (SSSR count). The molecule has 2 aromatic rings. The van der Waals surface area contributed by atoms with Crippen LogP contribution in [0, 0.1) is 0 Å². The fourth-order valence-electron chi connectivity index (χ4n) is 2.96. The summed E-state index contributed by atoms with van der Waals surface area (Å²) in [6.07, 6.45) is 3.87. The molecular formula is C18H20Br2N2. The topological polar surface area (TPSA) is 15.3 Å². The van der Waals surface area contributed by atoms with Crippen molar-refractivity contribution in [1.29, 1.82) is 0 Å². The summed E-state index contributed by atoms with van der Waals surface area (Å²) in [6.45, 7) is 1.14. The SMILES string of the molecule is CN(c1ccc(C2CCCCN2)cc1)c1ccc(Br)cc1Br. The molecule has 1 heterocycles. The number of halogens is 2. The van der Waals surface area contributed by atoms with Gasteiger partial charge in [0.15, 0.2) is 0 Å². The Morgan fingerprint density at radius 3 is 2.45 bits per heavy atom. The lowest BCUT2D eigenvalue weighted by molar-refractivity contribution is 0.412. The second-order valence-electron chi connectivity index (χ2n) is 5.75. The van der Waals surface area contributed by atoms with E-state index in [4.69, 9.17) is 0 Å². The summed E-state index contributed by atoms with van der Waals surface area (Å²) < 4.78 is 2.16. The number of benzene rings is 2. The third-order valence-corrected chi connectivity index (χ3v) is 5.39. The van der Waals surface area contributed by atoms with Gasteiger partial charge in [0.05, 0.1) is 5.69 Å². The monoisotopic (exact) mass is 422 g/mol. The Morgan fingerprint density at radius 1 is 1.05 bits per heavy atom. The van der Waals surface area contributed by atoms with Crippen molar-refractivity contribution in [2.45, 2.75) is 25.3 Å². The fraction of sp³-hybridized carbons (Fsp3) is 0.333. The van der Waals surface area contributed by atoms with Crippen LogP contribution in [0.4, 0.5) is 11.4 Å². The third kappa shape index (κ3) is 3.55. The van der Waals surface area contributed by atoms with Crippen molar-refractivity contribution in [3.8, 4) is 0 Å². The predicted octanol–water partition coefficient (Wildman–Crippen LogP) is 5.79. The molecule has 0 spiro atoms. The first-order valence-electron chi connectivity index (χ1n) is 7.67. The van der Waals surface area contributed by atoms with Crippen LogP contribution in [0.1, 0.15) is 30.9 Å². The van der Waals surface area contributed by atoms with Gasteiger partial charge in [-0.3, -0.25) is 0 Å². The standard InChI is InChI=1S/C18H20Br2N2/c1-22(18-10-7-14(19)12-16(18)20)15-8-5-13(6-9-15)17-4-2-3-11-21-17/h5-10,12,17,21H,2-4,11H2,1H3. The maximum atomic E-state index is 3.64. The molecule has 116 valence electrons. The second-order valence-corrected chi connectivity index (χ2v) is 7.52. The molecule has 0 aromatic heterocycles. The minimum absolute atomic E-state index is 0.521. The molecule has 1 aliphatic heterocycles. The van der Waals surface area contributed by atoms with Crippen LogP contribution in [-0.4, -0.2) is 13.6 Å². The van der Waals surface area contributed by atoms with Crippen LogP contribution < -0.4 is 10.2 Å². The lowest BCUT2D eigenvalue weighted by Crippen LogP contribution is -2.26. The molecular weight excluding hydrogens is 404 g/mol. The Kier molecular flexibility index (Phi) is 5.21. The Morgan fingerprint density at radius 2 is 1.82 bits per heavy atom. The van der Waals surface area contributed by atoms with E-state index in [1.165, 1.54) is 30.5 Å². The third-order valence-electron chi connectivity index (χ3n) is 4.26. The summed E-state index contributed by atoms with van der Waals surface area (Å²) in [5.74, 6) is 0. The first-order chi connectivity index (χ1) is 10.6. The highest BCUT2D eigenvalue weighted by molar-refractivity contribution is 9.11. The summed E-state index contributed by atoms with van der Waals surface area (Å²) in [5, 5.41) is 3.60. The van der Waals surface area contributed by atoms with Crippen molar-refractivity contribution in [2.24, 2.45) is 0 Å². The van der Waals surface area contributed by atoms with Gasteiger partial charge in [-0.2, -0.15) is 0 Å². The second kappa shape index (κ2) is 7.16. The maximum absolute atomic E-state index is 3.64. The van der Waals surface area contributed by atoms with Gasteiger partial charge in [-0.05, 0) is 71.2 Å². The molecule has 2 nitrogen and oxygen atoms in total. The van der Waals surface area contributed by atoms with Crippen LogP contribution in [0.3, 0.4) is 0 Å². The van der Waals surface area contributed by atoms with Gasteiger partial charge in [0.2, 0.25) is 0 Å². The number of piperidine rings is 1. The van der Waals surface area contributed by atoms with E-state index < -0.39 is 0 Å². The van der Waals surface area contributed by atoms with E-state index in [1.807, 2.05) is 0 Å². The predicted molar refractivity (Wildman–Crippen MR) is 101 cm³/mol. The van der Waals surface area contributed by atoms with Crippen LogP contribution in [-0.2, 0) is 0 Å². The smallest absolute Gasteiger partial charge is 0.0553 e. The molecule has 2 aromatic carbocycles. The molecule has 1 aliphatic rings. The normalized spacial score (nSPS) is 18.2. The van der Waals surface area contributed by atoms with Gasteiger partial charge in [-0.25, -0.2) is 0 Å². The maximum Gasteiger partial charge on any atom is 0.0553 e. The Bertz CT molecular complexity index is 634. The summed E-state index contributed by atoms with van der Waals surface area (Å²) in [6, 6.07) is 15.7. The average Bonchev–Trinajstić information content (AvgIpc) is 2.55. The highest BCUT2D eigenvalue weighted by Gasteiger charge is 2.15. The van der Waals surface area contributed by atoms with Crippen molar-refractivity contribution in [2.75, 3.05) is 18.5 Å². The average molecular weight is 424 g/mol. The van der Waals surface area contributed by atoms with Gasteiger partial charge in [0.25, 0.3) is 0 Å². The Labute approximate surface area is 149 Å². The lowest BCUT2D eigenvalue weighted by Gasteiger charge is -2.25. The van der Waals surface area contributed by atoms with Gasteiger partial charge in [0.1, 0.15) is 0 Å². The number of anilines is 2. The number of nitrogens with zero attached hydrogens (tertiary/aromatic N) is 1. The summed E-state index contributed by atoms with van der Waals surface area (Å²) in [7, 11) is 2.10. The van der Waals surface area contributed by atoms with Gasteiger partial charge in [0, 0.05) is 27.7 Å². The molecule has 0 bridgehead atoms. The molecule has 0 saturated carbocycles. The molecule has 1 saturated heterocycles. The molecule has 0 radical (unpaired) electrons. The van der Waals surface area contributed by atoms with E-state index >= 15 is 0 Å². The zero-order chi connectivity index (χ0) is 15.5. The lowest BCUT2D eigenvalue weighted by atomic mass is 9.97. The van der Waals surface area contributed by atoms with Crippen LogP contribution in [0.15, 0.2) is 51.4 Å². The van der Waals surface area contributed by atoms with E-state index in [0.29, 0.717) is 6.04 Å². The highest BCUT2D eigenvalue weighted by Crippen LogP contribution is 2.33. The van der Waals surface area contributed by atoms with Crippen molar-refractivity contribution in [3.05, 3.63) is 57.0 Å². The van der Waals surface area contributed by atoms with Crippen LogP contribution >= 0.6 is 31.9 Å². The van der Waals surface area contributed by atoms with Crippen LogP contribution in [0.2, 0.25) is 0 Å². The van der Waals surface area contributed by atoms with Crippen molar-refractivity contribution < 1.29 is 0 Å². The van der Waals surface area contributed by atoms with E-state index in [1.54, 1.807) is 0 Å². The van der Waals surface area contributed by atoms with Gasteiger partial charge < -0.3 is 10.2 Å². The van der Waals surface area contributed by atoms with Crippen molar-refractivity contribution >= 4 is 43.2 Å². The van der Waals surface area contributed by atoms with Crippen LogP contribution in [0.5, 0.6) is 0 Å². The molecule has 0 aliphatic carbocycles. The van der Waals surface area contributed by atoms with E-state index in [0.717, 1.165) is 21.2 Å². The minimum atomic E-state index is 0.521. The molecule has 1 N–H and O–H groups in total. The van der Waals surface area contributed by atoms with E-state index in [-0.39, 0.29) is 0 Å². The van der Waals surface area contributed by atoms with Crippen LogP contribution in [0.25, 0.3) is 0 Å². The minimum Gasteiger partial charge on any atom is -0.344 e. The zero-order valence-corrected chi connectivity index (χ0v) is 15.8. The molecule has 4 heteroatoms. The number of rotatable bonds is 3. The van der Waals surface area contributed by atoms with Gasteiger partial charge in [-0.15, -0.1) is 0 Å². The van der Waals surface area contributed by atoms with Crippen molar-refractivity contribution in [1.82, 2.24) is 5.32 Å². The van der Waals surface area contributed by atoms with Crippen molar-refractivity contribution in [3.63, 3.8) is 0 Å². The molecule has 22 heavy (non-hydrogen) atoms. The van der Waals surface area contributed by atoms with E-state index in [2.05, 4.69) is 91.6 Å². The Hall–Kier alpha value is -0.840. The zero-order valence-electron chi connectivity index (χ0n) is 12.7. The van der Waals surface area contributed by atoms with E-state index in [9.17, 15) is 0 Å². The summed E-state index contributed by atoms with van der Waals surface area (Å²) in [5.41, 5.74) is 3.75. The quantitative estimate of drug-likeness (QED) is 0.671. The largest absolute Gasteiger partial charge is 0.344 e. The fourth-order valence-corrected chi connectivity index (χ4v) is 4.27. The first-order valence-corrected chi connectivity index (χ1v) is 9.26. The van der Waals surface area contributed by atoms with Gasteiger partial charge >= 0.3 is 0 Å². The number of hydrogen-bond acceptors (Lipinski definition) is 2.